The van der Waals surface area contributed by atoms with Crippen molar-refractivity contribution < 1.29 is 4.42 Å². The summed E-state index contributed by atoms with van der Waals surface area (Å²) in [5.74, 6) is -0.137. The van der Waals surface area contributed by atoms with Crippen molar-refractivity contribution in [2.75, 3.05) is 0 Å². The second-order valence-corrected chi connectivity index (χ2v) is 1.13. The third kappa shape index (κ3) is 2.69. The van der Waals surface area contributed by atoms with Crippen LogP contribution in [0, 0.1) is 6.92 Å². The monoisotopic (exact) mass is 130 g/mol. The summed E-state index contributed by atoms with van der Waals surface area (Å²) in [5, 5.41) is 5.51. The molecule has 4 heteroatoms. The van der Waals surface area contributed by atoms with Crippen LogP contribution in [0.15, 0.2) is 9.21 Å². The number of hydrogen-bond acceptors (Lipinski definition) is 3. The molecule has 0 spiro atoms. The lowest BCUT2D eigenvalue weighted by atomic mass is 10.8. The molecule has 4 nitrogen and oxygen atoms in total. The lowest BCUT2D eigenvalue weighted by molar-refractivity contribution is 0.483. The van der Waals surface area contributed by atoms with E-state index in [1.54, 1.807) is 6.92 Å². The van der Waals surface area contributed by atoms with Gasteiger partial charge in [-0.25, -0.2) is 9.89 Å². The van der Waals surface area contributed by atoms with Crippen molar-refractivity contribution in [2.45, 2.75) is 20.8 Å². The largest absolute Gasteiger partial charge is 0.434 e. The highest BCUT2D eigenvalue weighted by molar-refractivity contribution is 4.61. The van der Waals surface area contributed by atoms with Crippen molar-refractivity contribution in [1.29, 1.82) is 0 Å². The van der Waals surface area contributed by atoms with Gasteiger partial charge in [-0.15, -0.1) is 5.10 Å². The van der Waals surface area contributed by atoms with Gasteiger partial charge in [0.15, 0.2) is 0 Å². The molecule has 0 aliphatic rings. The van der Waals surface area contributed by atoms with Crippen molar-refractivity contribution in [3.63, 3.8) is 0 Å². The topological polar surface area (TPSA) is 58.9 Å². The van der Waals surface area contributed by atoms with Gasteiger partial charge in [0, 0.05) is 6.92 Å². The van der Waals surface area contributed by atoms with Crippen molar-refractivity contribution in [3.8, 4) is 0 Å². The van der Waals surface area contributed by atoms with Gasteiger partial charge in [0.2, 0.25) is 5.89 Å². The van der Waals surface area contributed by atoms with Gasteiger partial charge in [0.1, 0.15) is 0 Å². The molecule has 0 radical (unpaired) electrons. The molecule has 0 fully saturated rings. The van der Waals surface area contributed by atoms with E-state index >= 15 is 0 Å². The molecule has 0 bridgehead atoms. The van der Waals surface area contributed by atoms with Crippen LogP contribution in [0.2, 0.25) is 0 Å². The summed E-state index contributed by atoms with van der Waals surface area (Å²) in [6.07, 6.45) is 0. The van der Waals surface area contributed by atoms with Crippen molar-refractivity contribution in [3.05, 3.63) is 16.4 Å². The summed E-state index contributed by atoms with van der Waals surface area (Å²) < 4.78 is 4.36. The van der Waals surface area contributed by atoms with Crippen LogP contribution in [0.25, 0.3) is 0 Å². The number of nitrogens with one attached hydrogen (secondary N) is 1. The Kier molecular flexibility index (Phi) is 3.43. The van der Waals surface area contributed by atoms with E-state index in [0.717, 1.165) is 0 Å². The number of rotatable bonds is 0. The summed E-state index contributed by atoms with van der Waals surface area (Å²) in [5.41, 5.74) is 0. The fourth-order valence-electron chi connectivity index (χ4n) is 0.304. The van der Waals surface area contributed by atoms with E-state index in [1.165, 1.54) is 0 Å². The maximum absolute atomic E-state index is 10.0. The third-order valence-electron chi connectivity index (χ3n) is 0.545. The van der Waals surface area contributed by atoms with Crippen LogP contribution >= 0.6 is 0 Å². The number of H-pyrrole nitrogens is 1. The quantitative estimate of drug-likeness (QED) is 0.562. The molecule has 0 amide bonds. The maximum Gasteiger partial charge on any atom is 0.434 e. The lowest BCUT2D eigenvalue weighted by Gasteiger charge is -1.63. The molecule has 9 heavy (non-hydrogen) atoms. The first-order valence-corrected chi connectivity index (χ1v) is 2.81. The third-order valence-corrected chi connectivity index (χ3v) is 0.545. The Morgan fingerprint density at radius 3 is 2.22 bits per heavy atom. The van der Waals surface area contributed by atoms with E-state index in [2.05, 4.69) is 14.6 Å². The molecule has 1 aromatic heterocycles. The van der Waals surface area contributed by atoms with E-state index in [4.69, 9.17) is 0 Å². The van der Waals surface area contributed by atoms with Crippen LogP contribution in [0.5, 0.6) is 0 Å². The van der Waals surface area contributed by atoms with Gasteiger partial charge in [-0.05, 0) is 0 Å². The molecule has 0 atom stereocenters. The highest BCUT2D eigenvalue weighted by Gasteiger charge is 1.86. The van der Waals surface area contributed by atoms with E-state index in [0.29, 0.717) is 5.89 Å². The SMILES string of the molecule is CC.Cc1n[nH]c(=O)o1. The normalized spacial score (nSPS) is 7.89. The molecule has 0 unspecified atom stereocenters. The Morgan fingerprint density at radius 2 is 2.11 bits per heavy atom. The summed E-state index contributed by atoms with van der Waals surface area (Å²) >= 11 is 0. The standard InChI is InChI=1S/C3H4N2O2.C2H6/c1-2-4-5-3(6)7-2;1-2/h1H3,(H,5,6);1-2H3. The average Bonchev–Trinajstić information content (AvgIpc) is 2.20. The molecule has 1 aromatic rings. The number of aryl methyl sites for hydroxylation is 1. The van der Waals surface area contributed by atoms with Crippen LogP contribution in [0.3, 0.4) is 0 Å². The first kappa shape index (κ1) is 7.94. The van der Waals surface area contributed by atoms with Gasteiger partial charge in [-0.2, -0.15) is 0 Å². The predicted octanol–water partition coefficient (Wildman–Crippen LogP) is 0.698. The van der Waals surface area contributed by atoms with Gasteiger partial charge in [0.05, 0.1) is 0 Å². The van der Waals surface area contributed by atoms with Crippen molar-refractivity contribution >= 4 is 0 Å². The molecule has 0 saturated heterocycles. The van der Waals surface area contributed by atoms with E-state index in [1.807, 2.05) is 13.8 Å². The molecule has 0 aromatic carbocycles. The minimum Gasteiger partial charge on any atom is -0.393 e. The fourth-order valence-corrected chi connectivity index (χ4v) is 0.304. The van der Waals surface area contributed by atoms with Crippen molar-refractivity contribution in [2.24, 2.45) is 0 Å². The van der Waals surface area contributed by atoms with Gasteiger partial charge >= 0.3 is 5.76 Å². The number of aromatic nitrogens is 2. The Labute approximate surface area is 52.9 Å². The van der Waals surface area contributed by atoms with E-state index in [-0.39, 0.29) is 0 Å². The zero-order valence-corrected chi connectivity index (χ0v) is 5.76. The summed E-state index contributed by atoms with van der Waals surface area (Å²) in [7, 11) is 0. The van der Waals surface area contributed by atoms with Gasteiger partial charge in [-0.3, -0.25) is 0 Å². The van der Waals surface area contributed by atoms with Crippen LogP contribution < -0.4 is 5.76 Å². The summed E-state index contributed by atoms with van der Waals surface area (Å²) in [6, 6.07) is 0. The average molecular weight is 130 g/mol. The minimum atomic E-state index is -0.502. The predicted molar refractivity (Wildman–Crippen MR) is 33.2 cm³/mol. The molecule has 1 rings (SSSR count). The Morgan fingerprint density at radius 1 is 1.56 bits per heavy atom. The number of nitrogens with zero attached hydrogens (tertiary/aromatic N) is 1. The molecule has 1 N–H and O–H groups in total. The Balaban J connectivity index is 0.000000291. The van der Waals surface area contributed by atoms with Crippen molar-refractivity contribution in [1.82, 2.24) is 10.2 Å². The maximum atomic E-state index is 10.0. The van der Waals surface area contributed by atoms with E-state index in [9.17, 15) is 4.79 Å². The van der Waals surface area contributed by atoms with Crippen LogP contribution in [0.1, 0.15) is 19.7 Å². The first-order chi connectivity index (χ1) is 4.29. The first-order valence-electron chi connectivity index (χ1n) is 2.81. The van der Waals surface area contributed by atoms with Crippen LogP contribution in [-0.2, 0) is 0 Å². The minimum absolute atomic E-state index is 0.366. The smallest absolute Gasteiger partial charge is 0.393 e. The van der Waals surface area contributed by atoms with Crippen LogP contribution in [-0.4, -0.2) is 10.2 Å². The fraction of sp³-hybridized carbons (Fsp3) is 0.600. The number of aromatic amines is 1. The van der Waals surface area contributed by atoms with Gasteiger partial charge in [0.25, 0.3) is 0 Å². The summed E-state index contributed by atoms with van der Waals surface area (Å²) in [6.45, 7) is 5.60. The second kappa shape index (κ2) is 3.88. The second-order valence-electron chi connectivity index (χ2n) is 1.13. The Hall–Kier alpha value is -1.06. The zero-order chi connectivity index (χ0) is 7.28. The highest BCUT2D eigenvalue weighted by Crippen LogP contribution is 1.76. The molecule has 0 saturated carbocycles. The molecule has 52 valence electrons. The van der Waals surface area contributed by atoms with Gasteiger partial charge in [-0.1, -0.05) is 13.8 Å². The highest BCUT2D eigenvalue weighted by atomic mass is 16.4. The molecular weight excluding hydrogens is 120 g/mol. The summed E-state index contributed by atoms with van der Waals surface area (Å²) in [4.78, 5) is 10.0. The molecule has 0 aliphatic heterocycles. The molecule has 1 heterocycles. The van der Waals surface area contributed by atoms with Crippen LogP contribution in [0.4, 0.5) is 0 Å². The van der Waals surface area contributed by atoms with Gasteiger partial charge < -0.3 is 4.42 Å². The lowest BCUT2D eigenvalue weighted by Crippen LogP contribution is -1.93. The number of hydrogen-bond donors (Lipinski definition) is 1. The molecule has 0 aliphatic carbocycles. The Bertz CT molecular complexity index is 201. The zero-order valence-electron chi connectivity index (χ0n) is 5.76. The molecular formula is C5H10N2O2. The van der Waals surface area contributed by atoms with E-state index < -0.39 is 5.76 Å².